The third-order valence-electron chi connectivity index (χ3n) is 4.31. The predicted octanol–water partition coefficient (Wildman–Crippen LogP) is 4.90. The number of hydrogen-bond acceptors (Lipinski definition) is 6. The summed E-state index contributed by atoms with van der Waals surface area (Å²) in [6.07, 6.45) is 1.46. The van der Waals surface area contributed by atoms with Crippen LogP contribution in [-0.2, 0) is 9.47 Å². The normalized spacial score (nSPS) is 10.6. The molecule has 7 heteroatoms. The Morgan fingerprint density at radius 1 is 1.18 bits per heavy atom. The summed E-state index contributed by atoms with van der Waals surface area (Å²) in [5.74, 6) is -0.990. The maximum atomic E-state index is 12.5. The van der Waals surface area contributed by atoms with Gasteiger partial charge in [-0.15, -0.1) is 0 Å². The van der Waals surface area contributed by atoms with E-state index in [2.05, 4.69) is 10.3 Å². The molecular formula is C21H19ClN2O4. The first kappa shape index (κ1) is 19.6. The van der Waals surface area contributed by atoms with Gasteiger partial charge in [-0.05, 0) is 49.7 Å². The number of ether oxygens (including phenoxy) is 2. The first-order chi connectivity index (χ1) is 13.5. The Balaban J connectivity index is 2.24. The van der Waals surface area contributed by atoms with E-state index in [0.29, 0.717) is 27.2 Å². The largest absolute Gasteiger partial charge is 0.465 e. The molecule has 28 heavy (non-hydrogen) atoms. The molecule has 3 aromatic rings. The summed E-state index contributed by atoms with van der Waals surface area (Å²) in [5, 5.41) is 4.46. The van der Waals surface area contributed by atoms with Gasteiger partial charge in [0.1, 0.15) is 5.56 Å². The van der Waals surface area contributed by atoms with Crippen molar-refractivity contribution in [3.05, 3.63) is 64.3 Å². The molecule has 0 aliphatic rings. The maximum Gasteiger partial charge on any atom is 0.341 e. The highest BCUT2D eigenvalue weighted by atomic mass is 35.5. The number of esters is 2. The quantitative estimate of drug-likeness (QED) is 0.615. The van der Waals surface area contributed by atoms with Crippen LogP contribution < -0.4 is 5.32 Å². The van der Waals surface area contributed by atoms with Crippen LogP contribution in [0.15, 0.2) is 42.6 Å². The number of hydrogen-bond donors (Lipinski definition) is 1. The lowest BCUT2D eigenvalue weighted by Crippen LogP contribution is -2.10. The van der Waals surface area contributed by atoms with Crippen LogP contribution in [-0.4, -0.2) is 30.6 Å². The fraction of sp³-hybridized carbons (Fsp3) is 0.190. The molecule has 144 valence electrons. The van der Waals surface area contributed by atoms with Gasteiger partial charge in [-0.3, -0.25) is 4.98 Å². The van der Waals surface area contributed by atoms with Crippen LogP contribution in [0.3, 0.4) is 0 Å². The standard InChI is InChI=1S/C21H19ClN2O4/c1-4-28-21(26)15-11-23-18-9-8-13(20(25)27-3)10-14(18)19(15)24-17-7-5-6-16(22)12(17)2/h5-11H,4H2,1-3H3,(H,23,24). The molecule has 0 fully saturated rings. The molecule has 0 unspecified atom stereocenters. The third kappa shape index (κ3) is 3.77. The van der Waals surface area contributed by atoms with Gasteiger partial charge in [0, 0.05) is 22.3 Å². The molecule has 0 aliphatic carbocycles. The zero-order valence-electron chi connectivity index (χ0n) is 15.7. The number of benzene rings is 2. The van der Waals surface area contributed by atoms with Gasteiger partial charge < -0.3 is 14.8 Å². The number of nitrogens with zero attached hydrogens (tertiary/aromatic N) is 1. The number of carbonyl (C=O) groups is 2. The SMILES string of the molecule is CCOC(=O)c1cnc2ccc(C(=O)OC)cc2c1Nc1cccc(Cl)c1C. The zero-order chi connectivity index (χ0) is 20.3. The Hall–Kier alpha value is -3.12. The Morgan fingerprint density at radius 2 is 1.96 bits per heavy atom. The lowest BCUT2D eigenvalue weighted by atomic mass is 10.1. The first-order valence-corrected chi connectivity index (χ1v) is 9.04. The van der Waals surface area contributed by atoms with Crippen LogP contribution in [0.4, 0.5) is 11.4 Å². The molecule has 3 rings (SSSR count). The number of carbonyl (C=O) groups excluding carboxylic acids is 2. The summed E-state index contributed by atoms with van der Waals surface area (Å²) in [6.45, 7) is 3.84. The minimum absolute atomic E-state index is 0.231. The maximum absolute atomic E-state index is 12.5. The molecule has 0 saturated carbocycles. The topological polar surface area (TPSA) is 77.5 Å². The number of pyridine rings is 1. The molecule has 0 aliphatic heterocycles. The van der Waals surface area contributed by atoms with E-state index in [1.807, 2.05) is 19.1 Å². The molecule has 1 N–H and O–H groups in total. The van der Waals surface area contributed by atoms with Crippen molar-refractivity contribution in [3.63, 3.8) is 0 Å². The number of anilines is 2. The highest BCUT2D eigenvalue weighted by Crippen LogP contribution is 2.33. The molecule has 0 radical (unpaired) electrons. The lowest BCUT2D eigenvalue weighted by molar-refractivity contribution is 0.0526. The molecule has 0 atom stereocenters. The Labute approximate surface area is 167 Å². The summed E-state index contributed by atoms with van der Waals surface area (Å²) in [4.78, 5) is 28.8. The van der Waals surface area contributed by atoms with Crippen LogP contribution in [0.2, 0.25) is 5.02 Å². The lowest BCUT2D eigenvalue weighted by Gasteiger charge is -2.16. The van der Waals surface area contributed by atoms with E-state index < -0.39 is 11.9 Å². The smallest absolute Gasteiger partial charge is 0.341 e. The molecule has 0 bridgehead atoms. The average molecular weight is 399 g/mol. The van der Waals surface area contributed by atoms with Gasteiger partial charge in [0.2, 0.25) is 0 Å². The summed E-state index contributed by atoms with van der Waals surface area (Å²) in [5.41, 5.74) is 3.27. The van der Waals surface area contributed by atoms with Crippen molar-refractivity contribution in [2.45, 2.75) is 13.8 Å². The number of aromatic nitrogens is 1. The van der Waals surface area contributed by atoms with Crippen molar-refractivity contribution in [2.75, 3.05) is 19.0 Å². The van der Waals surface area contributed by atoms with Crippen LogP contribution in [0.5, 0.6) is 0 Å². The minimum atomic E-state index is -0.512. The van der Waals surface area contributed by atoms with Crippen LogP contribution in [0.1, 0.15) is 33.2 Å². The van der Waals surface area contributed by atoms with Gasteiger partial charge in [0.25, 0.3) is 0 Å². The summed E-state index contributed by atoms with van der Waals surface area (Å²) < 4.78 is 9.98. The van der Waals surface area contributed by atoms with Gasteiger partial charge in [-0.1, -0.05) is 17.7 Å². The van der Waals surface area contributed by atoms with Gasteiger partial charge >= 0.3 is 11.9 Å². The van der Waals surface area contributed by atoms with E-state index in [9.17, 15) is 9.59 Å². The van der Waals surface area contributed by atoms with Crippen molar-refractivity contribution < 1.29 is 19.1 Å². The number of fused-ring (bicyclic) bond motifs is 1. The summed E-state index contributed by atoms with van der Waals surface area (Å²) in [7, 11) is 1.31. The number of rotatable bonds is 5. The molecule has 0 amide bonds. The van der Waals surface area contributed by atoms with Crippen molar-refractivity contribution in [1.29, 1.82) is 0 Å². The van der Waals surface area contributed by atoms with Crippen LogP contribution >= 0.6 is 11.6 Å². The molecule has 1 aromatic heterocycles. The number of methoxy groups -OCH3 is 1. The molecule has 0 saturated heterocycles. The molecule has 2 aromatic carbocycles. The van der Waals surface area contributed by atoms with E-state index in [4.69, 9.17) is 21.1 Å². The first-order valence-electron chi connectivity index (χ1n) is 8.66. The molecular weight excluding hydrogens is 380 g/mol. The van der Waals surface area contributed by atoms with Gasteiger partial charge in [-0.2, -0.15) is 0 Å². The van der Waals surface area contributed by atoms with Crippen molar-refractivity contribution in [3.8, 4) is 0 Å². The van der Waals surface area contributed by atoms with Gasteiger partial charge in [0.15, 0.2) is 0 Å². The van der Waals surface area contributed by atoms with E-state index in [1.54, 1.807) is 31.2 Å². The fourth-order valence-electron chi connectivity index (χ4n) is 2.81. The summed E-state index contributed by atoms with van der Waals surface area (Å²) >= 11 is 6.23. The van der Waals surface area contributed by atoms with Gasteiger partial charge in [-0.25, -0.2) is 9.59 Å². The Kier molecular flexibility index (Phi) is 5.80. The molecule has 6 nitrogen and oxygen atoms in total. The zero-order valence-corrected chi connectivity index (χ0v) is 16.5. The Bertz CT molecular complexity index is 1070. The second kappa shape index (κ2) is 8.27. The molecule has 1 heterocycles. The molecule has 0 spiro atoms. The van der Waals surface area contributed by atoms with E-state index in [0.717, 1.165) is 11.3 Å². The van der Waals surface area contributed by atoms with Crippen LogP contribution in [0, 0.1) is 6.92 Å². The van der Waals surface area contributed by atoms with E-state index in [1.165, 1.54) is 13.3 Å². The fourth-order valence-corrected chi connectivity index (χ4v) is 2.99. The van der Waals surface area contributed by atoms with Crippen molar-refractivity contribution in [1.82, 2.24) is 4.98 Å². The minimum Gasteiger partial charge on any atom is -0.465 e. The monoisotopic (exact) mass is 398 g/mol. The average Bonchev–Trinajstić information content (AvgIpc) is 2.70. The van der Waals surface area contributed by atoms with Crippen molar-refractivity contribution in [2.24, 2.45) is 0 Å². The van der Waals surface area contributed by atoms with E-state index >= 15 is 0 Å². The highest BCUT2D eigenvalue weighted by molar-refractivity contribution is 6.31. The highest BCUT2D eigenvalue weighted by Gasteiger charge is 2.19. The predicted molar refractivity (Wildman–Crippen MR) is 109 cm³/mol. The second-order valence-electron chi connectivity index (χ2n) is 6.03. The van der Waals surface area contributed by atoms with Crippen LogP contribution in [0.25, 0.3) is 10.9 Å². The second-order valence-corrected chi connectivity index (χ2v) is 6.44. The van der Waals surface area contributed by atoms with Gasteiger partial charge in [0.05, 0.1) is 30.5 Å². The summed E-state index contributed by atoms with van der Waals surface area (Å²) in [6, 6.07) is 10.4. The number of halogens is 1. The Morgan fingerprint density at radius 3 is 2.68 bits per heavy atom. The number of nitrogens with one attached hydrogen (secondary N) is 1. The third-order valence-corrected chi connectivity index (χ3v) is 4.72. The van der Waals surface area contributed by atoms with Crippen molar-refractivity contribution >= 4 is 45.8 Å². The van der Waals surface area contributed by atoms with E-state index in [-0.39, 0.29) is 12.2 Å².